The summed E-state index contributed by atoms with van der Waals surface area (Å²) in [5.74, 6) is 0.565. The van der Waals surface area contributed by atoms with Crippen LogP contribution in [0.1, 0.15) is 24.5 Å². The Morgan fingerprint density at radius 3 is 2.75 bits per heavy atom. The number of hydrogen-bond acceptors (Lipinski definition) is 4. The van der Waals surface area contributed by atoms with Crippen molar-refractivity contribution in [1.82, 2.24) is 15.3 Å². The Labute approximate surface area is 120 Å². The summed E-state index contributed by atoms with van der Waals surface area (Å²) in [6.07, 6.45) is 4.46. The van der Waals surface area contributed by atoms with Crippen LogP contribution in [0.3, 0.4) is 0 Å². The van der Waals surface area contributed by atoms with Crippen molar-refractivity contribution in [1.29, 1.82) is 0 Å². The van der Waals surface area contributed by atoms with Crippen LogP contribution < -0.4 is 10.1 Å². The molecule has 4 heteroatoms. The molecule has 0 bridgehead atoms. The fraction of sp³-hybridized carbons (Fsp3) is 0.375. The number of ether oxygens (including phenoxy) is 1. The molecule has 2 rings (SSSR count). The maximum atomic E-state index is 5.33. The molecule has 0 spiro atoms. The van der Waals surface area contributed by atoms with E-state index in [4.69, 9.17) is 4.74 Å². The van der Waals surface area contributed by atoms with Crippen LogP contribution in [0.4, 0.5) is 0 Å². The molecule has 0 atom stereocenters. The molecule has 0 unspecified atom stereocenters. The molecule has 1 aromatic heterocycles. The largest absolute Gasteiger partial charge is 0.479 e. The van der Waals surface area contributed by atoms with Gasteiger partial charge < -0.3 is 10.1 Å². The van der Waals surface area contributed by atoms with Crippen LogP contribution in [0.15, 0.2) is 30.6 Å². The van der Waals surface area contributed by atoms with Gasteiger partial charge in [-0.3, -0.25) is 0 Å². The summed E-state index contributed by atoms with van der Waals surface area (Å²) < 4.78 is 5.33. The fourth-order valence-corrected chi connectivity index (χ4v) is 2.12. The number of aromatic nitrogens is 2. The first-order valence-corrected chi connectivity index (χ1v) is 6.92. The number of nitrogens with one attached hydrogen (secondary N) is 1. The van der Waals surface area contributed by atoms with Crippen molar-refractivity contribution in [3.05, 3.63) is 41.7 Å². The van der Waals surface area contributed by atoms with Gasteiger partial charge in [0, 0.05) is 24.5 Å². The van der Waals surface area contributed by atoms with E-state index in [0.29, 0.717) is 5.88 Å². The topological polar surface area (TPSA) is 47.0 Å². The lowest BCUT2D eigenvalue weighted by molar-refractivity contribution is 0.397. The molecule has 0 radical (unpaired) electrons. The lowest BCUT2D eigenvalue weighted by Crippen LogP contribution is -2.14. The van der Waals surface area contributed by atoms with Crippen molar-refractivity contribution in [3.63, 3.8) is 0 Å². The first kappa shape index (κ1) is 14.5. The predicted molar refractivity (Wildman–Crippen MR) is 80.8 cm³/mol. The van der Waals surface area contributed by atoms with Gasteiger partial charge in [0.15, 0.2) is 0 Å². The number of hydrogen-bond donors (Lipinski definition) is 1. The van der Waals surface area contributed by atoms with E-state index in [0.717, 1.165) is 30.8 Å². The maximum absolute atomic E-state index is 5.33. The molecular formula is C16H21N3O. The van der Waals surface area contributed by atoms with Gasteiger partial charge in [0.25, 0.3) is 0 Å². The van der Waals surface area contributed by atoms with Gasteiger partial charge >= 0.3 is 0 Å². The van der Waals surface area contributed by atoms with Crippen molar-refractivity contribution >= 4 is 0 Å². The SMILES string of the molecule is CCCNCc1ccc(C)cc1-c1nccnc1OC. The zero-order valence-electron chi connectivity index (χ0n) is 12.3. The van der Waals surface area contributed by atoms with Gasteiger partial charge in [0.1, 0.15) is 5.69 Å². The summed E-state index contributed by atoms with van der Waals surface area (Å²) in [7, 11) is 1.62. The average molecular weight is 271 g/mol. The summed E-state index contributed by atoms with van der Waals surface area (Å²) in [5.41, 5.74) is 4.29. The van der Waals surface area contributed by atoms with Crippen molar-refractivity contribution in [2.75, 3.05) is 13.7 Å². The van der Waals surface area contributed by atoms with Crippen molar-refractivity contribution < 1.29 is 4.74 Å². The highest BCUT2D eigenvalue weighted by Crippen LogP contribution is 2.29. The quantitative estimate of drug-likeness (QED) is 0.821. The normalized spacial score (nSPS) is 10.6. The van der Waals surface area contributed by atoms with E-state index in [1.807, 2.05) is 0 Å². The number of nitrogens with zero attached hydrogens (tertiary/aromatic N) is 2. The minimum absolute atomic E-state index is 0.565. The minimum atomic E-state index is 0.565. The molecular weight excluding hydrogens is 250 g/mol. The second-order valence-corrected chi connectivity index (χ2v) is 4.75. The Kier molecular flexibility index (Phi) is 5.07. The molecule has 0 amide bonds. The maximum Gasteiger partial charge on any atom is 0.240 e. The summed E-state index contributed by atoms with van der Waals surface area (Å²) >= 11 is 0. The van der Waals surface area contributed by atoms with Gasteiger partial charge in [-0.05, 0) is 31.5 Å². The molecule has 4 nitrogen and oxygen atoms in total. The monoisotopic (exact) mass is 271 g/mol. The van der Waals surface area contributed by atoms with Crippen LogP contribution in [0.2, 0.25) is 0 Å². The fourth-order valence-electron chi connectivity index (χ4n) is 2.12. The van der Waals surface area contributed by atoms with Crippen molar-refractivity contribution in [2.45, 2.75) is 26.8 Å². The van der Waals surface area contributed by atoms with Gasteiger partial charge in [0.2, 0.25) is 5.88 Å². The lowest BCUT2D eigenvalue weighted by atomic mass is 10.0. The van der Waals surface area contributed by atoms with Crippen LogP contribution in [0.5, 0.6) is 5.88 Å². The molecule has 0 saturated carbocycles. The minimum Gasteiger partial charge on any atom is -0.479 e. The van der Waals surface area contributed by atoms with Crippen molar-refractivity contribution in [2.24, 2.45) is 0 Å². The third-order valence-electron chi connectivity index (χ3n) is 3.12. The summed E-state index contributed by atoms with van der Waals surface area (Å²) in [6.45, 7) is 6.07. The molecule has 0 fully saturated rings. The van der Waals surface area contributed by atoms with Gasteiger partial charge in [-0.2, -0.15) is 0 Å². The molecule has 1 heterocycles. The molecule has 1 aromatic carbocycles. The van der Waals surface area contributed by atoms with Crippen LogP contribution in [0.25, 0.3) is 11.3 Å². The second kappa shape index (κ2) is 7.01. The van der Waals surface area contributed by atoms with E-state index in [1.165, 1.54) is 11.1 Å². The highest BCUT2D eigenvalue weighted by atomic mass is 16.5. The van der Waals surface area contributed by atoms with Crippen LogP contribution in [-0.4, -0.2) is 23.6 Å². The summed E-state index contributed by atoms with van der Waals surface area (Å²) in [5, 5.41) is 3.43. The third-order valence-corrected chi connectivity index (χ3v) is 3.12. The molecule has 0 aliphatic carbocycles. The van der Waals surface area contributed by atoms with E-state index < -0.39 is 0 Å². The van der Waals surface area contributed by atoms with Crippen LogP contribution in [0, 0.1) is 6.92 Å². The van der Waals surface area contributed by atoms with Crippen LogP contribution in [-0.2, 0) is 6.54 Å². The number of benzene rings is 1. The van der Waals surface area contributed by atoms with Gasteiger partial charge in [-0.15, -0.1) is 0 Å². The Bertz CT molecular complexity index is 569. The molecule has 0 aliphatic rings. The molecule has 1 N–H and O–H groups in total. The Morgan fingerprint density at radius 1 is 1.20 bits per heavy atom. The molecule has 0 aliphatic heterocycles. The summed E-state index contributed by atoms with van der Waals surface area (Å²) in [4.78, 5) is 8.67. The average Bonchev–Trinajstić information content (AvgIpc) is 2.49. The zero-order chi connectivity index (χ0) is 14.4. The summed E-state index contributed by atoms with van der Waals surface area (Å²) in [6, 6.07) is 6.40. The van der Waals surface area contributed by atoms with E-state index in [9.17, 15) is 0 Å². The third kappa shape index (κ3) is 3.33. The van der Waals surface area contributed by atoms with Gasteiger partial charge in [-0.1, -0.05) is 24.6 Å². The lowest BCUT2D eigenvalue weighted by Gasteiger charge is -2.13. The molecule has 0 saturated heterocycles. The van der Waals surface area contributed by atoms with E-state index in [1.54, 1.807) is 19.5 Å². The number of methoxy groups -OCH3 is 1. The first-order valence-electron chi connectivity index (χ1n) is 6.92. The Balaban J connectivity index is 2.40. The highest BCUT2D eigenvalue weighted by molar-refractivity contribution is 5.68. The Morgan fingerprint density at radius 2 is 2.00 bits per heavy atom. The second-order valence-electron chi connectivity index (χ2n) is 4.75. The molecule has 2 aromatic rings. The first-order chi connectivity index (χ1) is 9.76. The van der Waals surface area contributed by atoms with E-state index in [-0.39, 0.29) is 0 Å². The number of rotatable bonds is 6. The van der Waals surface area contributed by atoms with Crippen molar-refractivity contribution in [3.8, 4) is 17.1 Å². The molecule has 20 heavy (non-hydrogen) atoms. The van der Waals surface area contributed by atoms with Gasteiger partial charge in [0.05, 0.1) is 7.11 Å². The highest BCUT2D eigenvalue weighted by Gasteiger charge is 2.12. The number of aryl methyl sites for hydroxylation is 1. The standard InChI is InChI=1S/C16H21N3O/c1-4-7-17-11-13-6-5-12(2)10-14(13)15-16(20-3)19-9-8-18-15/h5-6,8-10,17H,4,7,11H2,1-3H3. The van der Waals surface area contributed by atoms with E-state index in [2.05, 4.69) is 47.3 Å². The smallest absolute Gasteiger partial charge is 0.240 e. The Hall–Kier alpha value is -1.94. The van der Waals surface area contributed by atoms with Gasteiger partial charge in [-0.25, -0.2) is 9.97 Å². The predicted octanol–water partition coefficient (Wildman–Crippen LogP) is 2.96. The van der Waals surface area contributed by atoms with Crippen LogP contribution >= 0.6 is 0 Å². The van der Waals surface area contributed by atoms with E-state index >= 15 is 0 Å². The zero-order valence-corrected chi connectivity index (χ0v) is 12.3. The molecule has 106 valence electrons.